The van der Waals surface area contributed by atoms with Crippen LogP contribution in [0.3, 0.4) is 0 Å². The summed E-state index contributed by atoms with van der Waals surface area (Å²) in [5, 5.41) is 0. The number of hydrogen-bond acceptors (Lipinski definition) is 12. The third-order valence-electron chi connectivity index (χ3n) is 10.0. The molecular weight excluding hydrogens is 705 g/mol. The van der Waals surface area contributed by atoms with E-state index in [1.54, 1.807) is 0 Å². The fraction of sp³-hybridized carbons (Fsp3) is 0.917. The van der Waals surface area contributed by atoms with Gasteiger partial charge in [0.15, 0.2) is 0 Å². The van der Waals surface area contributed by atoms with Gasteiger partial charge in [0.2, 0.25) is 0 Å². The lowest BCUT2D eigenvalue weighted by Crippen LogP contribution is -2.84. The monoisotopic (exact) mass is 756 g/mol. The van der Waals surface area contributed by atoms with Gasteiger partial charge in [-0.2, -0.15) is 0 Å². The van der Waals surface area contributed by atoms with E-state index in [0.29, 0.717) is 60.1 Å². The molecule has 252 valence electrons. The summed E-state index contributed by atoms with van der Waals surface area (Å²) in [7, 11) is -29.0. The predicted octanol–water partition coefficient (Wildman–Crippen LogP) is 5.60. The standard InChI is InChI=1S/C24H52O12Si8/c1-9-37(8)26-39(11-3)30-41(13-5)32-40(12-4)28-38(25,10-2)29-44(27-37,19-18-24-21-22-16-17-23(24)20-22)36-43(15-7,31-39)35-42(14-6,33-40)34-41/h16-17,22-25H,9-15,18-21H2,1-8H3. The second-order valence-corrected chi connectivity index (χ2v) is 39.4. The summed E-state index contributed by atoms with van der Waals surface area (Å²) in [6, 6.07) is 3.59. The van der Waals surface area contributed by atoms with Crippen molar-refractivity contribution in [1.29, 1.82) is 0 Å². The van der Waals surface area contributed by atoms with Gasteiger partial charge < -0.3 is 50.1 Å². The first-order valence-corrected chi connectivity index (χ1v) is 33.0. The normalized spacial score (nSPS) is 53.2. The molecule has 4 saturated heterocycles. The largest absolute Gasteiger partial charge is 0.483 e. The molecule has 11 unspecified atom stereocenters. The first kappa shape index (κ1) is 34.8. The quantitative estimate of drug-likeness (QED) is 0.221. The van der Waals surface area contributed by atoms with E-state index < -0.39 is 70.2 Å². The van der Waals surface area contributed by atoms with E-state index in [0.717, 1.165) is 12.8 Å². The van der Waals surface area contributed by atoms with Crippen LogP contribution in [-0.2, 0) is 45.3 Å². The van der Waals surface area contributed by atoms with E-state index in [1.165, 1.54) is 6.42 Å². The summed E-state index contributed by atoms with van der Waals surface area (Å²) < 4.78 is 77.9. The van der Waals surface area contributed by atoms with Gasteiger partial charge in [-0.05, 0) is 49.6 Å². The van der Waals surface area contributed by atoms with Gasteiger partial charge in [0.25, 0.3) is 0 Å². The molecule has 20 heteroatoms. The Hall–Kier alpha value is 0.995. The van der Waals surface area contributed by atoms with Gasteiger partial charge in [-0.1, -0.05) is 60.6 Å². The molecule has 12 nitrogen and oxygen atoms in total. The minimum atomic E-state index is -4.02. The Kier molecular flexibility index (Phi) is 9.58. The van der Waals surface area contributed by atoms with Gasteiger partial charge in [-0.25, -0.2) is 0 Å². The van der Waals surface area contributed by atoms with Crippen molar-refractivity contribution in [3.63, 3.8) is 0 Å². The van der Waals surface area contributed by atoms with Gasteiger partial charge in [0, 0.05) is 42.3 Å². The summed E-state index contributed by atoms with van der Waals surface area (Å²) >= 11 is 0. The zero-order valence-corrected chi connectivity index (χ0v) is 35.6. The van der Waals surface area contributed by atoms with Crippen LogP contribution < -0.4 is 0 Å². The van der Waals surface area contributed by atoms with Crippen LogP contribution in [0.4, 0.5) is 0 Å². The third kappa shape index (κ3) is 6.15. The average Bonchev–Trinajstić information content (AvgIpc) is 3.62. The van der Waals surface area contributed by atoms with Crippen molar-refractivity contribution < 1.29 is 50.1 Å². The van der Waals surface area contributed by atoms with E-state index in [9.17, 15) is 4.80 Å². The van der Waals surface area contributed by atoms with Crippen molar-refractivity contribution in [3.8, 4) is 0 Å². The molecule has 1 saturated carbocycles. The minimum absolute atomic E-state index is 0.247. The van der Waals surface area contributed by atoms with Crippen LogP contribution in [0, 0.1) is 17.8 Å². The van der Waals surface area contributed by atoms with Gasteiger partial charge in [0.1, 0.15) is 0 Å². The van der Waals surface area contributed by atoms with Crippen LogP contribution in [0.15, 0.2) is 12.2 Å². The van der Waals surface area contributed by atoms with E-state index in [2.05, 4.69) is 19.1 Å². The number of fused-ring (bicyclic) bond motifs is 6. The highest BCUT2D eigenvalue weighted by Gasteiger charge is 2.78. The molecule has 44 heavy (non-hydrogen) atoms. The maximum atomic E-state index is 12.5. The second-order valence-electron chi connectivity index (χ2n) is 13.1. The highest BCUT2D eigenvalue weighted by molar-refractivity contribution is 7.01. The van der Waals surface area contributed by atoms with Crippen molar-refractivity contribution in [1.82, 2.24) is 0 Å². The molecule has 4 heterocycles. The average molecular weight is 757 g/mol. The summed E-state index contributed by atoms with van der Waals surface area (Å²) in [5.41, 5.74) is 0. The van der Waals surface area contributed by atoms with Crippen molar-refractivity contribution in [2.24, 2.45) is 17.8 Å². The van der Waals surface area contributed by atoms with Gasteiger partial charge in [0.05, 0.1) is 0 Å². The van der Waals surface area contributed by atoms with Gasteiger partial charge >= 0.3 is 70.2 Å². The Balaban J connectivity index is 1.56. The number of rotatable bonds is 10. The molecule has 0 aromatic rings. The maximum Gasteiger partial charge on any atom is 0.483 e. The number of hydrogen-bond donors (Lipinski definition) is 1. The first-order valence-electron chi connectivity index (χ1n) is 16.9. The fourth-order valence-electron chi connectivity index (χ4n) is 7.33. The second kappa shape index (κ2) is 12.1. The molecule has 0 aromatic heterocycles. The van der Waals surface area contributed by atoms with Crippen LogP contribution in [-0.4, -0.2) is 75.0 Å². The predicted molar refractivity (Wildman–Crippen MR) is 178 cm³/mol. The Morgan fingerprint density at radius 1 is 0.523 bits per heavy atom. The molecule has 4 aliphatic heterocycles. The van der Waals surface area contributed by atoms with E-state index in [1.807, 2.05) is 48.1 Å². The summed E-state index contributed by atoms with van der Waals surface area (Å²) in [6.07, 6.45) is 7.93. The Labute approximate surface area is 271 Å². The molecule has 2 aliphatic carbocycles. The molecule has 11 atom stereocenters. The lowest BCUT2D eigenvalue weighted by molar-refractivity contribution is -0.00195. The Bertz CT molecular complexity index is 1130. The van der Waals surface area contributed by atoms with E-state index in [4.69, 9.17) is 45.3 Å². The van der Waals surface area contributed by atoms with Crippen LogP contribution in [0.1, 0.15) is 67.7 Å². The lowest BCUT2D eigenvalue weighted by atomic mass is 9.91. The molecule has 0 amide bonds. The summed E-state index contributed by atoms with van der Waals surface area (Å²) in [5.74, 6) is 1.69. The van der Waals surface area contributed by atoms with Crippen molar-refractivity contribution >= 4 is 70.2 Å². The zero-order valence-electron chi connectivity index (χ0n) is 27.6. The van der Waals surface area contributed by atoms with Crippen LogP contribution in [0.2, 0.25) is 54.9 Å². The SMILES string of the molecule is CC[Si]1(C)O[Si]2(CCC3CC4C=CC3C4)O[Si](O)(CC)O[Si]3(CC)O[Si]4(CC)O[Si](CC)(O1)O[Si](CC)(O2)O[Si](CC)(O3)O4. The molecule has 0 spiro atoms. The molecule has 8 bridgehead atoms. The molecule has 0 radical (unpaired) electrons. The fourth-order valence-corrected chi connectivity index (χ4v) is 53.5. The molecular formula is C24H52O12Si8. The zero-order chi connectivity index (χ0) is 31.7. The molecule has 0 aromatic carbocycles. The van der Waals surface area contributed by atoms with Gasteiger partial charge in [-0.3, -0.25) is 0 Å². The molecule has 6 aliphatic rings. The highest BCUT2D eigenvalue weighted by atomic mass is 28.6. The van der Waals surface area contributed by atoms with Crippen molar-refractivity contribution in [2.45, 2.75) is 123 Å². The van der Waals surface area contributed by atoms with Crippen molar-refractivity contribution in [2.75, 3.05) is 0 Å². The minimum Gasteiger partial charge on any atom is -0.394 e. The first-order chi connectivity index (χ1) is 20.7. The smallest absolute Gasteiger partial charge is 0.394 e. The van der Waals surface area contributed by atoms with Crippen LogP contribution in [0.5, 0.6) is 0 Å². The van der Waals surface area contributed by atoms with Crippen molar-refractivity contribution in [3.05, 3.63) is 12.2 Å². The third-order valence-corrected chi connectivity index (χ3v) is 45.8. The molecule has 5 fully saturated rings. The van der Waals surface area contributed by atoms with Gasteiger partial charge in [-0.15, -0.1) is 0 Å². The lowest BCUT2D eigenvalue weighted by Gasteiger charge is -2.60. The Morgan fingerprint density at radius 2 is 0.955 bits per heavy atom. The summed E-state index contributed by atoms with van der Waals surface area (Å²) in [4.78, 5) is 12.5. The van der Waals surface area contributed by atoms with E-state index in [-0.39, 0.29) is 6.04 Å². The topological polar surface area (TPSA) is 122 Å². The summed E-state index contributed by atoms with van der Waals surface area (Å²) in [6.45, 7) is 16.0. The van der Waals surface area contributed by atoms with Crippen LogP contribution in [0.25, 0.3) is 0 Å². The highest BCUT2D eigenvalue weighted by Crippen LogP contribution is 2.51. The Morgan fingerprint density at radius 3 is 1.36 bits per heavy atom. The molecule has 1 N–H and O–H groups in total. The van der Waals surface area contributed by atoms with Crippen LogP contribution >= 0.6 is 0 Å². The maximum absolute atomic E-state index is 12.5. The van der Waals surface area contributed by atoms with E-state index >= 15 is 0 Å². The molecule has 6 rings (SSSR count). The number of allylic oxidation sites excluding steroid dienone is 2.